The van der Waals surface area contributed by atoms with Crippen molar-refractivity contribution < 1.29 is 4.79 Å². The van der Waals surface area contributed by atoms with Crippen LogP contribution in [0.3, 0.4) is 0 Å². The van der Waals surface area contributed by atoms with Gasteiger partial charge in [-0.25, -0.2) is 0 Å². The fraction of sp³-hybridized carbons (Fsp3) is 0.786. The molecule has 1 nitrogen and oxygen atoms in total. The van der Waals surface area contributed by atoms with Crippen LogP contribution in [0.25, 0.3) is 0 Å². The summed E-state index contributed by atoms with van der Waals surface area (Å²) < 4.78 is 0. The Morgan fingerprint density at radius 2 is 1.93 bits per heavy atom. The summed E-state index contributed by atoms with van der Waals surface area (Å²) in [5.74, 6) is 0.651. The number of allylic oxidation sites excluding steroid dienone is 2. The molecular formula is C14H26O. The monoisotopic (exact) mass is 210 g/mol. The van der Waals surface area contributed by atoms with E-state index in [-0.39, 0.29) is 0 Å². The van der Waals surface area contributed by atoms with Crippen LogP contribution in [0.5, 0.6) is 0 Å². The van der Waals surface area contributed by atoms with Gasteiger partial charge in [0.15, 0.2) is 0 Å². The van der Waals surface area contributed by atoms with E-state index in [1.165, 1.54) is 32.1 Å². The molecule has 0 aromatic heterocycles. The Bertz CT molecular complexity index is 182. The van der Waals surface area contributed by atoms with E-state index in [1.54, 1.807) is 0 Å². The Morgan fingerprint density at radius 3 is 2.47 bits per heavy atom. The van der Waals surface area contributed by atoms with Gasteiger partial charge in [0.25, 0.3) is 0 Å². The van der Waals surface area contributed by atoms with E-state index >= 15 is 0 Å². The summed E-state index contributed by atoms with van der Waals surface area (Å²) in [6.07, 6.45) is 11.4. The van der Waals surface area contributed by atoms with Gasteiger partial charge >= 0.3 is 0 Å². The van der Waals surface area contributed by atoms with Crippen LogP contribution in [0.4, 0.5) is 0 Å². The fourth-order valence-electron chi connectivity index (χ4n) is 1.86. The van der Waals surface area contributed by atoms with E-state index < -0.39 is 0 Å². The van der Waals surface area contributed by atoms with Gasteiger partial charge < -0.3 is 0 Å². The van der Waals surface area contributed by atoms with E-state index in [1.807, 2.05) is 0 Å². The Morgan fingerprint density at radius 1 is 1.20 bits per heavy atom. The summed E-state index contributed by atoms with van der Waals surface area (Å²) in [5.41, 5.74) is 1.01. The lowest BCUT2D eigenvalue weighted by atomic mass is 9.96. The lowest BCUT2D eigenvalue weighted by molar-refractivity contribution is -0.105. The number of unbranched alkanes of at least 4 members (excludes halogenated alkanes) is 3. The normalized spacial score (nSPS) is 13.9. The summed E-state index contributed by atoms with van der Waals surface area (Å²) in [5, 5.41) is 0. The predicted molar refractivity (Wildman–Crippen MR) is 67.0 cm³/mol. The number of rotatable bonds is 9. The fourth-order valence-corrected chi connectivity index (χ4v) is 1.86. The van der Waals surface area contributed by atoms with Crippen molar-refractivity contribution >= 4 is 6.29 Å². The maximum atomic E-state index is 10.8. The first-order valence-corrected chi connectivity index (χ1v) is 6.38. The molecule has 0 aliphatic heterocycles. The number of carbonyl (C=O) groups excluding carboxylic acids is 1. The molecule has 1 heteroatoms. The number of hydrogen-bond donors (Lipinski definition) is 0. The van der Waals surface area contributed by atoms with Crippen molar-refractivity contribution in [3.05, 3.63) is 11.6 Å². The minimum absolute atomic E-state index is 0.651. The van der Waals surface area contributed by atoms with E-state index in [4.69, 9.17) is 0 Å². The molecule has 15 heavy (non-hydrogen) atoms. The van der Waals surface area contributed by atoms with Crippen molar-refractivity contribution in [3.63, 3.8) is 0 Å². The molecule has 0 amide bonds. The van der Waals surface area contributed by atoms with Gasteiger partial charge in [-0.1, -0.05) is 52.5 Å². The second kappa shape index (κ2) is 9.95. The van der Waals surface area contributed by atoms with Gasteiger partial charge in [0.2, 0.25) is 0 Å². The molecular weight excluding hydrogens is 184 g/mol. The summed E-state index contributed by atoms with van der Waals surface area (Å²) in [6, 6.07) is 0. The summed E-state index contributed by atoms with van der Waals surface area (Å²) in [7, 11) is 0. The van der Waals surface area contributed by atoms with Gasteiger partial charge in [-0.3, -0.25) is 4.79 Å². The molecule has 0 aliphatic rings. The Hall–Kier alpha value is -0.590. The Labute approximate surface area is 95.0 Å². The third kappa shape index (κ3) is 8.41. The first-order chi connectivity index (χ1) is 7.24. The molecule has 1 unspecified atom stereocenters. The van der Waals surface area contributed by atoms with Gasteiger partial charge in [-0.05, 0) is 30.8 Å². The highest BCUT2D eigenvalue weighted by Gasteiger charge is 2.03. The molecule has 0 rings (SSSR count). The van der Waals surface area contributed by atoms with Crippen LogP contribution in [0, 0.1) is 5.92 Å². The average Bonchev–Trinajstić information content (AvgIpc) is 2.23. The quantitative estimate of drug-likeness (QED) is 0.311. The SMILES string of the molecule is CCCCCC=C(C=O)CC(C)CCC. The van der Waals surface area contributed by atoms with Crippen LogP contribution in [0.2, 0.25) is 0 Å². The van der Waals surface area contributed by atoms with E-state index in [9.17, 15) is 4.79 Å². The zero-order chi connectivity index (χ0) is 11.5. The second-order valence-electron chi connectivity index (χ2n) is 4.49. The molecule has 0 spiro atoms. The van der Waals surface area contributed by atoms with Crippen LogP contribution < -0.4 is 0 Å². The number of aldehydes is 1. The van der Waals surface area contributed by atoms with Crippen molar-refractivity contribution in [1.29, 1.82) is 0 Å². The average molecular weight is 210 g/mol. The van der Waals surface area contributed by atoms with Gasteiger partial charge in [0.1, 0.15) is 6.29 Å². The van der Waals surface area contributed by atoms with Crippen molar-refractivity contribution in [3.8, 4) is 0 Å². The molecule has 0 aromatic carbocycles. The Kier molecular flexibility index (Phi) is 9.55. The lowest BCUT2D eigenvalue weighted by Crippen LogP contribution is -1.97. The highest BCUT2D eigenvalue weighted by Crippen LogP contribution is 2.16. The van der Waals surface area contributed by atoms with E-state index in [0.717, 1.165) is 24.7 Å². The Balaban J connectivity index is 3.84. The van der Waals surface area contributed by atoms with E-state index in [2.05, 4.69) is 26.8 Å². The number of hydrogen-bond acceptors (Lipinski definition) is 1. The van der Waals surface area contributed by atoms with Crippen LogP contribution in [-0.4, -0.2) is 6.29 Å². The number of carbonyl (C=O) groups is 1. The molecule has 0 aromatic rings. The van der Waals surface area contributed by atoms with Gasteiger partial charge in [0.05, 0.1) is 0 Å². The van der Waals surface area contributed by atoms with Gasteiger partial charge in [0, 0.05) is 0 Å². The minimum atomic E-state index is 0.651. The van der Waals surface area contributed by atoms with Crippen LogP contribution >= 0.6 is 0 Å². The molecule has 1 atom stereocenters. The molecule has 0 fully saturated rings. The van der Waals surface area contributed by atoms with Crippen LogP contribution in [0.1, 0.15) is 65.7 Å². The smallest absolute Gasteiger partial charge is 0.145 e. The van der Waals surface area contributed by atoms with E-state index in [0.29, 0.717) is 5.92 Å². The van der Waals surface area contributed by atoms with Gasteiger partial charge in [-0.2, -0.15) is 0 Å². The lowest BCUT2D eigenvalue weighted by Gasteiger charge is -2.09. The third-order valence-corrected chi connectivity index (χ3v) is 2.73. The van der Waals surface area contributed by atoms with Crippen molar-refractivity contribution in [1.82, 2.24) is 0 Å². The van der Waals surface area contributed by atoms with Crippen LogP contribution in [0.15, 0.2) is 11.6 Å². The predicted octanol–water partition coefficient (Wildman–Crippen LogP) is 4.52. The largest absolute Gasteiger partial charge is 0.298 e. The molecule has 0 heterocycles. The standard InChI is InChI=1S/C14H26O/c1-4-6-7-8-10-14(12-15)11-13(3)9-5-2/h10,12-13H,4-9,11H2,1-3H3. The molecule has 0 radical (unpaired) electrons. The zero-order valence-electron chi connectivity index (χ0n) is 10.6. The van der Waals surface area contributed by atoms with Crippen LogP contribution in [-0.2, 0) is 4.79 Å². The first-order valence-electron chi connectivity index (χ1n) is 6.38. The minimum Gasteiger partial charge on any atom is -0.298 e. The molecule has 0 saturated carbocycles. The molecule has 88 valence electrons. The van der Waals surface area contributed by atoms with Gasteiger partial charge in [-0.15, -0.1) is 0 Å². The van der Waals surface area contributed by atoms with Crippen molar-refractivity contribution in [2.75, 3.05) is 0 Å². The summed E-state index contributed by atoms with van der Waals surface area (Å²) >= 11 is 0. The molecule has 0 bridgehead atoms. The molecule has 0 saturated heterocycles. The van der Waals surface area contributed by atoms with Crippen molar-refractivity contribution in [2.45, 2.75) is 65.7 Å². The second-order valence-corrected chi connectivity index (χ2v) is 4.49. The maximum Gasteiger partial charge on any atom is 0.145 e. The summed E-state index contributed by atoms with van der Waals surface area (Å²) in [4.78, 5) is 10.8. The topological polar surface area (TPSA) is 17.1 Å². The molecule has 0 N–H and O–H groups in total. The van der Waals surface area contributed by atoms with Crippen molar-refractivity contribution in [2.24, 2.45) is 5.92 Å². The maximum absolute atomic E-state index is 10.8. The molecule has 0 aliphatic carbocycles. The highest BCUT2D eigenvalue weighted by molar-refractivity contribution is 5.73. The third-order valence-electron chi connectivity index (χ3n) is 2.73. The first kappa shape index (κ1) is 14.4. The highest BCUT2D eigenvalue weighted by atomic mass is 16.1. The zero-order valence-corrected chi connectivity index (χ0v) is 10.6. The summed E-state index contributed by atoms with van der Waals surface area (Å²) in [6.45, 7) is 6.63.